The summed E-state index contributed by atoms with van der Waals surface area (Å²) in [6.07, 6.45) is 5.78. The lowest BCUT2D eigenvalue weighted by molar-refractivity contribution is 0.0602. The van der Waals surface area contributed by atoms with Crippen LogP contribution in [-0.2, 0) is 11.3 Å². The van der Waals surface area contributed by atoms with Gasteiger partial charge in [0.25, 0.3) is 0 Å². The van der Waals surface area contributed by atoms with E-state index >= 15 is 0 Å². The van der Waals surface area contributed by atoms with E-state index in [0.717, 1.165) is 19.7 Å². The molecule has 1 aliphatic rings. The highest BCUT2D eigenvalue weighted by Crippen LogP contribution is 2.21. The van der Waals surface area contributed by atoms with Gasteiger partial charge in [-0.3, -0.25) is 0 Å². The largest absolute Gasteiger partial charge is 0.377 e. The zero-order valence-corrected chi connectivity index (χ0v) is 11.7. The molecule has 1 aromatic rings. The Kier molecular flexibility index (Phi) is 5.01. The number of hydrogen-bond acceptors (Lipinski definition) is 3. The van der Waals surface area contributed by atoms with Gasteiger partial charge in [0, 0.05) is 22.8 Å². The smallest absolute Gasteiger partial charge is 0.0594 e. The summed E-state index contributed by atoms with van der Waals surface area (Å²) >= 11 is 1.88. The fourth-order valence-electron chi connectivity index (χ4n) is 2.43. The highest BCUT2D eigenvalue weighted by atomic mass is 32.1. The number of aryl methyl sites for hydroxylation is 2. The fourth-order valence-corrected chi connectivity index (χ4v) is 3.38. The summed E-state index contributed by atoms with van der Waals surface area (Å²) in [6.45, 7) is 7.16. The lowest BCUT2D eigenvalue weighted by atomic mass is 10.2. The first kappa shape index (κ1) is 13.1. The molecule has 2 rings (SSSR count). The monoisotopic (exact) mass is 253 g/mol. The summed E-state index contributed by atoms with van der Waals surface area (Å²) in [5.41, 5.74) is 1.44. The molecule has 1 fully saturated rings. The fraction of sp³-hybridized carbons (Fsp3) is 0.714. The Hall–Kier alpha value is -0.380. The van der Waals surface area contributed by atoms with Gasteiger partial charge in [-0.1, -0.05) is 12.8 Å². The standard InChI is InChI=1S/C14H23NOS/c1-11-9-13(12(2)17-11)10-15-7-8-16-14-5-3-4-6-14/h9,14-15H,3-8,10H2,1-2H3. The first-order valence-electron chi connectivity index (χ1n) is 6.64. The summed E-state index contributed by atoms with van der Waals surface area (Å²) in [5, 5.41) is 3.46. The molecule has 1 saturated carbocycles. The number of hydrogen-bond donors (Lipinski definition) is 1. The molecular weight excluding hydrogens is 230 g/mol. The quantitative estimate of drug-likeness (QED) is 0.784. The van der Waals surface area contributed by atoms with Crippen molar-refractivity contribution in [2.45, 2.75) is 52.2 Å². The minimum Gasteiger partial charge on any atom is -0.377 e. The van der Waals surface area contributed by atoms with Crippen molar-refractivity contribution in [1.29, 1.82) is 0 Å². The van der Waals surface area contributed by atoms with Gasteiger partial charge in [0.1, 0.15) is 0 Å². The van der Waals surface area contributed by atoms with Crippen LogP contribution in [0.3, 0.4) is 0 Å². The minimum absolute atomic E-state index is 0.543. The summed E-state index contributed by atoms with van der Waals surface area (Å²) in [7, 11) is 0. The van der Waals surface area contributed by atoms with Gasteiger partial charge in [0.05, 0.1) is 12.7 Å². The maximum atomic E-state index is 5.82. The number of ether oxygens (including phenoxy) is 1. The Labute approximate surface area is 108 Å². The van der Waals surface area contributed by atoms with Crippen molar-refractivity contribution in [2.24, 2.45) is 0 Å². The molecule has 1 N–H and O–H groups in total. The molecule has 0 aromatic carbocycles. The van der Waals surface area contributed by atoms with E-state index in [1.54, 1.807) is 0 Å². The molecule has 96 valence electrons. The molecule has 17 heavy (non-hydrogen) atoms. The van der Waals surface area contributed by atoms with Crippen LogP contribution in [0.4, 0.5) is 0 Å². The van der Waals surface area contributed by atoms with E-state index in [2.05, 4.69) is 25.2 Å². The summed E-state index contributed by atoms with van der Waals surface area (Å²) in [5.74, 6) is 0. The van der Waals surface area contributed by atoms with Crippen LogP contribution in [0.5, 0.6) is 0 Å². The van der Waals surface area contributed by atoms with Crippen molar-refractivity contribution in [1.82, 2.24) is 5.32 Å². The Morgan fingerprint density at radius 2 is 2.12 bits per heavy atom. The first-order valence-corrected chi connectivity index (χ1v) is 7.45. The van der Waals surface area contributed by atoms with Gasteiger partial charge < -0.3 is 10.1 Å². The van der Waals surface area contributed by atoms with Gasteiger partial charge in [-0.2, -0.15) is 0 Å². The van der Waals surface area contributed by atoms with Crippen molar-refractivity contribution >= 4 is 11.3 Å². The second-order valence-corrected chi connectivity index (χ2v) is 6.35. The van der Waals surface area contributed by atoms with Gasteiger partial charge in [-0.25, -0.2) is 0 Å². The molecule has 0 atom stereocenters. The Morgan fingerprint density at radius 3 is 2.76 bits per heavy atom. The lowest BCUT2D eigenvalue weighted by Gasteiger charge is -2.11. The molecule has 1 aliphatic carbocycles. The van der Waals surface area contributed by atoms with E-state index in [-0.39, 0.29) is 0 Å². The summed E-state index contributed by atoms with van der Waals surface area (Å²) in [6, 6.07) is 2.28. The molecule has 0 aliphatic heterocycles. The van der Waals surface area contributed by atoms with Crippen molar-refractivity contribution in [3.05, 3.63) is 21.4 Å². The van der Waals surface area contributed by atoms with Crippen LogP contribution in [0, 0.1) is 13.8 Å². The van der Waals surface area contributed by atoms with Gasteiger partial charge in [0.2, 0.25) is 0 Å². The predicted molar refractivity (Wildman–Crippen MR) is 73.7 cm³/mol. The Balaban J connectivity index is 1.58. The van der Waals surface area contributed by atoms with Gasteiger partial charge >= 0.3 is 0 Å². The third kappa shape index (κ3) is 4.09. The molecule has 0 spiro atoms. The average Bonchev–Trinajstić information content (AvgIpc) is 2.89. The van der Waals surface area contributed by atoms with Gasteiger partial charge in [-0.05, 0) is 38.3 Å². The Morgan fingerprint density at radius 1 is 1.35 bits per heavy atom. The highest BCUT2D eigenvalue weighted by Gasteiger charge is 2.14. The van der Waals surface area contributed by atoms with E-state index in [1.165, 1.54) is 41.0 Å². The molecule has 2 nitrogen and oxygen atoms in total. The average molecular weight is 253 g/mol. The van der Waals surface area contributed by atoms with Gasteiger partial charge in [0.15, 0.2) is 0 Å². The van der Waals surface area contributed by atoms with E-state index < -0.39 is 0 Å². The van der Waals surface area contributed by atoms with Crippen molar-refractivity contribution in [3.63, 3.8) is 0 Å². The molecule has 0 saturated heterocycles. The number of thiophene rings is 1. The van der Waals surface area contributed by atoms with Crippen LogP contribution >= 0.6 is 11.3 Å². The minimum atomic E-state index is 0.543. The molecular formula is C14H23NOS. The van der Waals surface area contributed by atoms with Crippen LogP contribution in [0.2, 0.25) is 0 Å². The SMILES string of the molecule is Cc1cc(CNCCOC2CCCC2)c(C)s1. The summed E-state index contributed by atoms with van der Waals surface area (Å²) < 4.78 is 5.82. The number of rotatable bonds is 6. The Bertz CT molecular complexity index is 342. The summed E-state index contributed by atoms with van der Waals surface area (Å²) in [4.78, 5) is 2.84. The van der Waals surface area contributed by atoms with Crippen LogP contribution in [0.25, 0.3) is 0 Å². The zero-order chi connectivity index (χ0) is 12.1. The molecule has 1 aromatic heterocycles. The van der Waals surface area contributed by atoms with Crippen molar-refractivity contribution in [2.75, 3.05) is 13.2 Å². The number of nitrogens with one attached hydrogen (secondary N) is 1. The zero-order valence-electron chi connectivity index (χ0n) is 10.9. The molecule has 1 heterocycles. The molecule has 0 bridgehead atoms. The maximum Gasteiger partial charge on any atom is 0.0594 e. The predicted octanol–water partition coefficient (Wildman–Crippen LogP) is 3.41. The van der Waals surface area contributed by atoms with Crippen LogP contribution in [-0.4, -0.2) is 19.3 Å². The molecule has 0 unspecified atom stereocenters. The normalized spacial score (nSPS) is 16.8. The van der Waals surface area contributed by atoms with Gasteiger partial charge in [-0.15, -0.1) is 11.3 Å². The van der Waals surface area contributed by atoms with Crippen LogP contribution in [0.15, 0.2) is 6.07 Å². The van der Waals surface area contributed by atoms with Crippen LogP contribution in [0.1, 0.15) is 41.0 Å². The van der Waals surface area contributed by atoms with Crippen molar-refractivity contribution in [3.8, 4) is 0 Å². The van der Waals surface area contributed by atoms with E-state index in [1.807, 2.05) is 11.3 Å². The highest BCUT2D eigenvalue weighted by molar-refractivity contribution is 7.12. The second kappa shape index (κ2) is 6.53. The third-order valence-corrected chi connectivity index (χ3v) is 4.40. The molecule has 0 amide bonds. The topological polar surface area (TPSA) is 21.3 Å². The lowest BCUT2D eigenvalue weighted by Crippen LogP contribution is -2.21. The van der Waals surface area contributed by atoms with E-state index in [9.17, 15) is 0 Å². The molecule has 0 radical (unpaired) electrons. The van der Waals surface area contributed by atoms with E-state index in [0.29, 0.717) is 6.10 Å². The third-order valence-electron chi connectivity index (χ3n) is 3.39. The van der Waals surface area contributed by atoms with Crippen molar-refractivity contribution < 1.29 is 4.74 Å². The van der Waals surface area contributed by atoms with Crippen LogP contribution < -0.4 is 5.32 Å². The first-order chi connectivity index (χ1) is 8.25. The molecule has 3 heteroatoms. The van der Waals surface area contributed by atoms with E-state index in [4.69, 9.17) is 4.74 Å². The second-order valence-electron chi connectivity index (χ2n) is 4.89. The maximum absolute atomic E-state index is 5.82.